The molecule has 1 heterocycles. The first kappa shape index (κ1) is 13.5. The molecule has 1 unspecified atom stereocenters. The van der Waals surface area contributed by atoms with Crippen molar-refractivity contribution in [3.8, 4) is 0 Å². The minimum Gasteiger partial charge on any atom is -0.368 e. The number of fused-ring (bicyclic) bond motifs is 1. The van der Waals surface area contributed by atoms with Crippen LogP contribution in [0.1, 0.15) is 22.2 Å². The summed E-state index contributed by atoms with van der Waals surface area (Å²) in [6, 6.07) is 3.95. The van der Waals surface area contributed by atoms with E-state index in [9.17, 15) is 14.0 Å². The highest BCUT2D eigenvalue weighted by Crippen LogP contribution is 2.32. The molecule has 2 amide bonds. The molecule has 1 aromatic heterocycles. The molecular weight excluding hydrogens is 267 g/mol. The number of amides is 2. The minimum absolute atomic E-state index is 0.353. The Labute approximate surface area is 113 Å². The van der Waals surface area contributed by atoms with Gasteiger partial charge in [0.2, 0.25) is 5.91 Å². The normalized spacial score (nSPS) is 12.4. The summed E-state index contributed by atoms with van der Waals surface area (Å²) in [5.74, 6) is -1.38. The number of hydrogen-bond donors (Lipinski definition) is 2. The first-order chi connectivity index (χ1) is 8.91. The van der Waals surface area contributed by atoms with Gasteiger partial charge in [0.05, 0.1) is 4.88 Å². The van der Waals surface area contributed by atoms with Crippen LogP contribution in [0.3, 0.4) is 0 Å². The van der Waals surface area contributed by atoms with Gasteiger partial charge in [-0.1, -0.05) is 6.07 Å². The summed E-state index contributed by atoms with van der Waals surface area (Å²) in [5, 5.41) is 2.94. The maximum absolute atomic E-state index is 13.7. The summed E-state index contributed by atoms with van der Waals surface area (Å²) in [6.07, 6.45) is 0. The molecular formula is C13H13FN2O2S. The molecule has 0 aliphatic heterocycles. The zero-order chi connectivity index (χ0) is 14.2. The van der Waals surface area contributed by atoms with Gasteiger partial charge < -0.3 is 11.1 Å². The van der Waals surface area contributed by atoms with Crippen LogP contribution in [0.5, 0.6) is 0 Å². The quantitative estimate of drug-likeness (QED) is 0.902. The van der Waals surface area contributed by atoms with Crippen LogP contribution < -0.4 is 11.1 Å². The molecule has 3 N–H and O–H groups in total. The molecule has 6 heteroatoms. The van der Waals surface area contributed by atoms with Crippen LogP contribution in [-0.2, 0) is 4.79 Å². The molecule has 2 aromatic rings. The summed E-state index contributed by atoms with van der Waals surface area (Å²) < 4.78 is 14.4. The molecule has 1 aromatic carbocycles. The second kappa shape index (κ2) is 4.97. The Balaban J connectivity index is 2.41. The van der Waals surface area contributed by atoms with E-state index >= 15 is 0 Å². The lowest BCUT2D eigenvalue weighted by Crippen LogP contribution is -2.42. The molecule has 0 radical (unpaired) electrons. The molecule has 1 atom stereocenters. The molecule has 4 nitrogen and oxygen atoms in total. The topological polar surface area (TPSA) is 72.2 Å². The van der Waals surface area contributed by atoms with Crippen LogP contribution in [0, 0.1) is 12.7 Å². The first-order valence-corrected chi connectivity index (χ1v) is 6.51. The van der Waals surface area contributed by atoms with Crippen LogP contribution in [-0.4, -0.2) is 17.9 Å². The van der Waals surface area contributed by atoms with Gasteiger partial charge in [-0.15, -0.1) is 11.3 Å². The van der Waals surface area contributed by atoms with Gasteiger partial charge in [0.1, 0.15) is 11.9 Å². The summed E-state index contributed by atoms with van der Waals surface area (Å²) >= 11 is 1.20. The fraction of sp³-hybridized carbons (Fsp3) is 0.231. The van der Waals surface area contributed by atoms with Gasteiger partial charge >= 0.3 is 0 Å². The average Bonchev–Trinajstić information content (AvgIpc) is 2.68. The van der Waals surface area contributed by atoms with Crippen molar-refractivity contribution in [3.63, 3.8) is 0 Å². The Morgan fingerprint density at radius 1 is 1.42 bits per heavy atom. The lowest BCUT2D eigenvalue weighted by Gasteiger charge is -2.09. The molecule has 0 bridgehead atoms. The van der Waals surface area contributed by atoms with Gasteiger partial charge in [0.15, 0.2) is 0 Å². The summed E-state index contributed by atoms with van der Waals surface area (Å²) in [5.41, 5.74) is 5.67. The monoisotopic (exact) mass is 280 g/mol. The fourth-order valence-corrected chi connectivity index (χ4v) is 2.93. The number of hydrogen-bond acceptors (Lipinski definition) is 3. The number of nitrogens with one attached hydrogen (secondary N) is 1. The predicted octanol–water partition coefficient (Wildman–Crippen LogP) is 1.95. The molecule has 0 aliphatic carbocycles. The number of halogens is 1. The van der Waals surface area contributed by atoms with E-state index in [-0.39, 0.29) is 5.82 Å². The average molecular weight is 280 g/mol. The van der Waals surface area contributed by atoms with Gasteiger partial charge in [0.25, 0.3) is 5.91 Å². The highest BCUT2D eigenvalue weighted by Gasteiger charge is 2.20. The van der Waals surface area contributed by atoms with Gasteiger partial charge in [0, 0.05) is 10.1 Å². The van der Waals surface area contributed by atoms with Gasteiger partial charge in [-0.05, 0) is 31.5 Å². The van der Waals surface area contributed by atoms with Crippen molar-refractivity contribution >= 4 is 33.2 Å². The number of aryl methyl sites for hydroxylation is 1. The number of carbonyl (C=O) groups is 2. The second-order valence-corrected chi connectivity index (χ2v) is 5.32. The Morgan fingerprint density at radius 2 is 2.11 bits per heavy atom. The molecule has 0 saturated heterocycles. The van der Waals surface area contributed by atoms with Crippen LogP contribution >= 0.6 is 11.3 Å². The fourth-order valence-electron chi connectivity index (χ4n) is 1.80. The van der Waals surface area contributed by atoms with E-state index in [2.05, 4.69) is 5.32 Å². The molecule has 0 aliphatic rings. The zero-order valence-electron chi connectivity index (χ0n) is 10.5. The van der Waals surface area contributed by atoms with Crippen molar-refractivity contribution in [2.75, 3.05) is 0 Å². The first-order valence-electron chi connectivity index (χ1n) is 5.69. The largest absolute Gasteiger partial charge is 0.368 e. The third-order valence-electron chi connectivity index (χ3n) is 2.88. The van der Waals surface area contributed by atoms with E-state index in [0.717, 1.165) is 0 Å². The lowest BCUT2D eigenvalue weighted by molar-refractivity contribution is -0.119. The Morgan fingerprint density at radius 3 is 2.68 bits per heavy atom. The van der Waals surface area contributed by atoms with Crippen molar-refractivity contribution in [1.82, 2.24) is 5.32 Å². The number of thiophene rings is 1. The van der Waals surface area contributed by atoms with Gasteiger partial charge in [-0.3, -0.25) is 9.59 Å². The molecule has 2 rings (SSSR count). The SMILES string of the molecule is Cc1c(C(=O)NC(C)C(N)=O)sc2cccc(F)c12. The van der Waals surface area contributed by atoms with Crippen LogP contribution in [0.4, 0.5) is 4.39 Å². The summed E-state index contributed by atoms with van der Waals surface area (Å²) in [4.78, 5) is 23.4. The van der Waals surface area contributed by atoms with E-state index in [1.54, 1.807) is 19.1 Å². The third kappa shape index (κ3) is 2.44. The summed E-state index contributed by atoms with van der Waals surface area (Å²) in [7, 11) is 0. The predicted molar refractivity (Wildman–Crippen MR) is 72.6 cm³/mol. The van der Waals surface area contributed by atoms with E-state index in [1.807, 2.05) is 0 Å². The van der Waals surface area contributed by atoms with Crippen LogP contribution in [0.25, 0.3) is 10.1 Å². The number of nitrogens with two attached hydrogens (primary N) is 1. The third-order valence-corrected chi connectivity index (χ3v) is 4.14. The van der Waals surface area contributed by atoms with Gasteiger partial charge in [-0.2, -0.15) is 0 Å². The highest BCUT2D eigenvalue weighted by molar-refractivity contribution is 7.21. The molecule has 100 valence electrons. The maximum atomic E-state index is 13.7. The van der Waals surface area contributed by atoms with Crippen LogP contribution in [0.15, 0.2) is 18.2 Å². The highest BCUT2D eigenvalue weighted by atomic mass is 32.1. The molecule has 0 saturated carbocycles. The van der Waals surface area contributed by atoms with Gasteiger partial charge in [-0.25, -0.2) is 4.39 Å². The summed E-state index contributed by atoms with van der Waals surface area (Å²) in [6.45, 7) is 3.19. The smallest absolute Gasteiger partial charge is 0.262 e. The Kier molecular flexibility index (Phi) is 3.53. The minimum atomic E-state index is -0.762. The van der Waals surface area contributed by atoms with Crippen molar-refractivity contribution in [2.45, 2.75) is 19.9 Å². The Hall–Kier alpha value is -1.95. The van der Waals surface area contributed by atoms with E-state index in [0.29, 0.717) is 20.5 Å². The zero-order valence-corrected chi connectivity index (χ0v) is 11.3. The Bertz CT molecular complexity index is 666. The second-order valence-electron chi connectivity index (χ2n) is 4.27. The number of primary amides is 1. The molecule has 0 spiro atoms. The van der Waals surface area contributed by atoms with E-state index < -0.39 is 17.9 Å². The standard InChI is InChI=1S/C13H13FN2O2S/c1-6-10-8(14)4-3-5-9(10)19-11(6)13(18)16-7(2)12(15)17/h3-5,7H,1-2H3,(H2,15,17)(H,16,18). The number of carbonyl (C=O) groups excluding carboxylic acids is 2. The molecule has 19 heavy (non-hydrogen) atoms. The van der Waals surface area contributed by atoms with Crippen molar-refractivity contribution in [1.29, 1.82) is 0 Å². The van der Waals surface area contributed by atoms with Crippen molar-refractivity contribution in [3.05, 3.63) is 34.5 Å². The van der Waals surface area contributed by atoms with Crippen LogP contribution in [0.2, 0.25) is 0 Å². The molecule has 0 fully saturated rings. The maximum Gasteiger partial charge on any atom is 0.262 e. The lowest BCUT2D eigenvalue weighted by atomic mass is 10.1. The number of rotatable bonds is 3. The van der Waals surface area contributed by atoms with E-state index in [1.165, 1.54) is 24.3 Å². The van der Waals surface area contributed by atoms with Crippen molar-refractivity contribution < 1.29 is 14.0 Å². The van der Waals surface area contributed by atoms with E-state index in [4.69, 9.17) is 5.73 Å². The van der Waals surface area contributed by atoms with Crippen molar-refractivity contribution in [2.24, 2.45) is 5.73 Å². The number of benzene rings is 1.